The first-order valence-electron chi connectivity index (χ1n) is 11.3. The highest BCUT2D eigenvalue weighted by molar-refractivity contribution is 7.80. The van der Waals surface area contributed by atoms with E-state index in [-0.39, 0.29) is 0 Å². The summed E-state index contributed by atoms with van der Waals surface area (Å²) in [6.07, 6.45) is -0.377. The molecule has 186 valence electrons. The van der Waals surface area contributed by atoms with Gasteiger partial charge in [-0.25, -0.2) is 9.97 Å². The molecule has 37 heavy (non-hydrogen) atoms. The van der Waals surface area contributed by atoms with Crippen LogP contribution in [0.25, 0.3) is 27.6 Å². The maximum atomic E-state index is 12.9. The number of alkyl halides is 3. The average Bonchev–Trinajstić information content (AvgIpc) is 3.30. The van der Waals surface area contributed by atoms with Crippen molar-refractivity contribution in [3.63, 3.8) is 0 Å². The molecular weight excluding hydrogens is 497 g/mol. The van der Waals surface area contributed by atoms with Gasteiger partial charge in [-0.1, -0.05) is 36.4 Å². The number of aryl methyl sites for hydroxylation is 2. The number of anilines is 1. The number of benzene rings is 3. The lowest BCUT2D eigenvalue weighted by Gasteiger charge is -2.12. The average molecular weight is 519 g/mol. The Morgan fingerprint density at radius 3 is 2.49 bits per heavy atom. The van der Waals surface area contributed by atoms with Crippen molar-refractivity contribution in [1.29, 1.82) is 0 Å². The molecule has 0 fully saturated rings. The molecule has 0 aliphatic heterocycles. The van der Waals surface area contributed by atoms with Crippen LogP contribution in [0.1, 0.15) is 22.3 Å². The highest BCUT2D eigenvalue weighted by Gasteiger charge is 2.30. The summed E-state index contributed by atoms with van der Waals surface area (Å²) in [7, 11) is 0. The Balaban J connectivity index is 1.34. The zero-order valence-electron chi connectivity index (χ0n) is 19.8. The van der Waals surface area contributed by atoms with Crippen LogP contribution in [0.15, 0.2) is 78.3 Å². The van der Waals surface area contributed by atoms with Gasteiger partial charge in [0, 0.05) is 17.3 Å². The fraction of sp³-hybridized carbons (Fsp3) is 0.111. The number of halogens is 3. The third kappa shape index (κ3) is 5.01. The van der Waals surface area contributed by atoms with E-state index in [0.717, 1.165) is 56.4 Å². The highest BCUT2D eigenvalue weighted by atomic mass is 32.1. The first kappa shape index (κ1) is 24.4. The Labute approximate surface area is 215 Å². The predicted molar refractivity (Wildman–Crippen MR) is 144 cm³/mol. The lowest BCUT2D eigenvalue weighted by Crippen LogP contribution is -2.24. The minimum Gasteiger partial charge on any atom is -0.331 e. The molecule has 0 radical (unpaired) electrons. The van der Waals surface area contributed by atoms with E-state index in [1.54, 1.807) is 17.1 Å². The fourth-order valence-electron chi connectivity index (χ4n) is 4.11. The van der Waals surface area contributed by atoms with Crippen molar-refractivity contribution >= 4 is 51.0 Å². The van der Waals surface area contributed by atoms with Gasteiger partial charge in [0.15, 0.2) is 5.11 Å². The van der Waals surface area contributed by atoms with Crippen molar-refractivity contribution in [3.05, 3.63) is 95.4 Å². The summed E-state index contributed by atoms with van der Waals surface area (Å²) in [4.78, 5) is 8.47. The second-order valence-corrected chi connectivity index (χ2v) is 8.93. The molecule has 0 bridgehead atoms. The van der Waals surface area contributed by atoms with E-state index in [1.165, 1.54) is 6.07 Å². The zero-order valence-corrected chi connectivity index (χ0v) is 20.7. The third-order valence-electron chi connectivity index (χ3n) is 5.98. The van der Waals surface area contributed by atoms with Crippen LogP contribution in [0, 0.1) is 13.8 Å². The number of thiocarbonyl (C=S) groups is 1. The number of aromatic nitrogens is 3. The van der Waals surface area contributed by atoms with Crippen LogP contribution in [0.3, 0.4) is 0 Å². The number of imidazole rings is 1. The summed E-state index contributed by atoms with van der Waals surface area (Å²) >= 11 is 5.36. The second kappa shape index (κ2) is 9.62. The number of pyridine rings is 1. The largest absolute Gasteiger partial charge is 0.417 e. The van der Waals surface area contributed by atoms with Gasteiger partial charge in [-0.15, -0.1) is 0 Å². The Morgan fingerprint density at radius 2 is 1.78 bits per heavy atom. The van der Waals surface area contributed by atoms with Crippen molar-refractivity contribution in [2.24, 2.45) is 5.10 Å². The summed E-state index contributed by atoms with van der Waals surface area (Å²) < 4.78 is 40.3. The molecule has 2 aromatic heterocycles. The lowest BCUT2D eigenvalue weighted by molar-refractivity contribution is -0.137. The van der Waals surface area contributed by atoms with Crippen molar-refractivity contribution in [2.75, 3.05) is 5.32 Å². The number of hydrazone groups is 1. The Bertz CT molecular complexity index is 1640. The fourth-order valence-corrected chi connectivity index (χ4v) is 4.26. The van der Waals surface area contributed by atoms with Gasteiger partial charge in [0.1, 0.15) is 12.1 Å². The molecule has 2 heterocycles. The summed E-state index contributed by atoms with van der Waals surface area (Å²) in [6.45, 7) is 4.02. The van der Waals surface area contributed by atoms with Crippen LogP contribution in [0.5, 0.6) is 0 Å². The summed E-state index contributed by atoms with van der Waals surface area (Å²) in [5.41, 5.74) is 7.50. The molecule has 10 heteroatoms. The van der Waals surface area contributed by atoms with Gasteiger partial charge in [-0.05, 0) is 72.4 Å². The molecule has 5 aromatic rings. The topological polar surface area (TPSA) is 67.1 Å². The summed E-state index contributed by atoms with van der Waals surface area (Å²) in [5.74, 6) is 0.357. The molecule has 0 saturated carbocycles. The third-order valence-corrected chi connectivity index (χ3v) is 6.17. The van der Waals surface area contributed by atoms with Gasteiger partial charge in [-0.2, -0.15) is 18.3 Å². The first-order valence-corrected chi connectivity index (χ1v) is 11.7. The van der Waals surface area contributed by atoms with Gasteiger partial charge in [0.25, 0.3) is 0 Å². The van der Waals surface area contributed by atoms with E-state index >= 15 is 0 Å². The van der Waals surface area contributed by atoms with Crippen LogP contribution in [-0.4, -0.2) is 25.9 Å². The van der Waals surface area contributed by atoms with Crippen molar-refractivity contribution < 1.29 is 13.2 Å². The van der Waals surface area contributed by atoms with Gasteiger partial charge < -0.3 is 5.32 Å². The van der Waals surface area contributed by atoms with E-state index in [2.05, 4.69) is 25.8 Å². The van der Waals surface area contributed by atoms with E-state index < -0.39 is 11.7 Å². The standard InChI is InChI=1S/C27H21F3N6S/c1-16-4-3-5-17(2)24(16)34-26(37)35-33-13-18-6-9-21-19(12-18)7-10-22-25(21)32-15-36(22)23-11-8-20(14-31-23)27(28,29)30/h3-15H,1-2H3,(H2,34,35,37)/b33-13+. The van der Waals surface area contributed by atoms with Crippen LogP contribution in [0.2, 0.25) is 0 Å². The summed E-state index contributed by atoms with van der Waals surface area (Å²) in [6, 6.07) is 18.0. The Hall–Kier alpha value is -4.31. The molecule has 0 atom stereocenters. The van der Waals surface area contributed by atoms with Crippen LogP contribution in [0.4, 0.5) is 18.9 Å². The predicted octanol–water partition coefficient (Wildman–Crippen LogP) is 6.53. The molecule has 0 spiro atoms. The number of hydrogen-bond donors (Lipinski definition) is 2. The van der Waals surface area contributed by atoms with Crippen molar-refractivity contribution in [2.45, 2.75) is 20.0 Å². The monoisotopic (exact) mass is 518 g/mol. The molecule has 6 nitrogen and oxygen atoms in total. The van der Waals surface area contributed by atoms with Gasteiger partial charge in [0.05, 0.1) is 22.8 Å². The SMILES string of the molecule is Cc1cccc(C)c1NC(=S)N/N=C/c1ccc2c(ccc3c2ncn3-c2ccc(C(F)(F)F)cn2)c1. The highest BCUT2D eigenvalue weighted by Crippen LogP contribution is 2.30. The maximum absolute atomic E-state index is 12.9. The number of hydrogen-bond acceptors (Lipinski definition) is 4. The zero-order chi connectivity index (χ0) is 26.2. The van der Waals surface area contributed by atoms with Gasteiger partial charge in [0.2, 0.25) is 0 Å². The smallest absolute Gasteiger partial charge is 0.331 e. The molecule has 3 aromatic carbocycles. The van der Waals surface area contributed by atoms with Crippen LogP contribution in [-0.2, 0) is 6.18 Å². The lowest BCUT2D eigenvalue weighted by atomic mass is 10.1. The van der Waals surface area contributed by atoms with E-state index in [4.69, 9.17) is 12.2 Å². The number of nitrogens with one attached hydrogen (secondary N) is 2. The quantitative estimate of drug-likeness (QED) is 0.161. The molecule has 0 aliphatic carbocycles. The number of rotatable bonds is 4. The number of nitrogens with zero attached hydrogens (tertiary/aromatic N) is 4. The molecule has 0 saturated heterocycles. The van der Waals surface area contributed by atoms with E-state index in [1.807, 2.05) is 62.4 Å². The van der Waals surface area contributed by atoms with Crippen molar-refractivity contribution in [1.82, 2.24) is 20.0 Å². The van der Waals surface area contributed by atoms with E-state index in [0.29, 0.717) is 10.9 Å². The first-order chi connectivity index (χ1) is 17.7. The van der Waals surface area contributed by atoms with Crippen LogP contribution >= 0.6 is 12.2 Å². The summed E-state index contributed by atoms with van der Waals surface area (Å²) in [5, 5.41) is 9.66. The van der Waals surface area contributed by atoms with Crippen LogP contribution < -0.4 is 10.7 Å². The minimum atomic E-state index is -4.43. The second-order valence-electron chi connectivity index (χ2n) is 8.52. The van der Waals surface area contributed by atoms with E-state index in [9.17, 15) is 13.2 Å². The molecule has 5 rings (SSSR count). The molecule has 0 unspecified atom stereocenters. The molecular formula is C27H21F3N6S. The molecule has 0 aliphatic rings. The normalized spacial score (nSPS) is 11.9. The number of fused-ring (bicyclic) bond motifs is 3. The molecule has 2 N–H and O–H groups in total. The van der Waals surface area contributed by atoms with Crippen molar-refractivity contribution in [3.8, 4) is 5.82 Å². The Morgan fingerprint density at radius 1 is 1.00 bits per heavy atom. The Kier molecular flexibility index (Phi) is 6.34. The van der Waals surface area contributed by atoms with Gasteiger partial charge in [-0.3, -0.25) is 9.99 Å². The number of para-hydroxylation sites is 1. The van der Waals surface area contributed by atoms with Gasteiger partial charge >= 0.3 is 6.18 Å². The minimum absolute atomic E-state index is 0.357. The maximum Gasteiger partial charge on any atom is 0.417 e. The molecule has 0 amide bonds.